The van der Waals surface area contributed by atoms with E-state index >= 15 is 0 Å². The van der Waals surface area contributed by atoms with Crippen molar-refractivity contribution < 1.29 is 14.7 Å². The number of carbonyl (C=O) groups is 2. The Hall–Kier alpha value is -1.89. The van der Waals surface area contributed by atoms with E-state index in [0.717, 1.165) is 5.69 Å². The minimum atomic E-state index is -0.888. The van der Waals surface area contributed by atoms with Gasteiger partial charge in [-0.1, -0.05) is 6.08 Å². The Balaban J connectivity index is 1.97. The van der Waals surface area contributed by atoms with E-state index in [1.807, 2.05) is 5.38 Å². The van der Waals surface area contributed by atoms with Crippen LogP contribution in [0.3, 0.4) is 0 Å². The summed E-state index contributed by atoms with van der Waals surface area (Å²) in [6.45, 7) is 4.52. The Morgan fingerprint density at radius 1 is 1.59 bits per heavy atom. The van der Waals surface area contributed by atoms with Crippen molar-refractivity contribution in [3.05, 3.63) is 23.7 Å². The van der Waals surface area contributed by atoms with Crippen LogP contribution in [0.15, 0.2) is 18.0 Å². The molecule has 1 aliphatic rings. The van der Waals surface area contributed by atoms with Gasteiger partial charge in [0.25, 0.3) is 0 Å². The number of nitrogen functional groups attached to an aromatic ring is 1. The second-order valence-corrected chi connectivity index (χ2v) is 6.56. The number of carboxylic acids is 1. The van der Waals surface area contributed by atoms with Crippen LogP contribution in [0.2, 0.25) is 0 Å². The zero-order valence-corrected chi connectivity index (χ0v) is 13.3. The molecule has 1 amide bonds. The fourth-order valence-electron chi connectivity index (χ4n) is 2.88. The van der Waals surface area contributed by atoms with Crippen LogP contribution >= 0.6 is 11.3 Å². The van der Waals surface area contributed by atoms with Crippen molar-refractivity contribution in [2.24, 2.45) is 5.41 Å². The highest BCUT2D eigenvalue weighted by Crippen LogP contribution is 2.34. The van der Waals surface area contributed by atoms with E-state index in [1.54, 1.807) is 11.0 Å². The maximum atomic E-state index is 12.3. The van der Waals surface area contributed by atoms with Crippen molar-refractivity contribution in [3.63, 3.8) is 0 Å². The van der Waals surface area contributed by atoms with Gasteiger partial charge in [0.2, 0.25) is 5.91 Å². The summed E-state index contributed by atoms with van der Waals surface area (Å²) < 4.78 is 0. The number of hydrogen-bond donors (Lipinski definition) is 2. The van der Waals surface area contributed by atoms with E-state index in [0.29, 0.717) is 43.8 Å². The minimum absolute atomic E-state index is 0.0269. The standard InChI is InChI=1S/C15H21N3O3S/c1-2-6-15(13(20)21)7-3-8-18(10-15)12(19)5-4-11-9-22-14(16)17-11/h2,9H,1,3-8,10H2,(H2,16,17)(H,20,21)/t15-/m0/s1. The quantitative estimate of drug-likeness (QED) is 0.780. The van der Waals surface area contributed by atoms with Gasteiger partial charge >= 0.3 is 5.97 Å². The Bertz CT molecular complexity index is 572. The third-order valence-corrected chi connectivity index (χ3v) is 4.81. The van der Waals surface area contributed by atoms with Crippen molar-refractivity contribution >= 4 is 28.3 Å². The molecule has 1 aliphatic heterocycles. The number of amides is 1. The maximum absolute atomic E-state index is 12.3. The molecule has 2 rings (SSSR count). The molecule has 1 fully saturated rings. The van der Waals surface area contributed by atoms with Crippen LogP contribution in [0, 0.1) is 5.41 Å². The lowest BCUT2D eigenvalue weighted by Gasteiger charge is -2.39. The molecule has 0 saturated carbocycles. The summed E-state index contributed by atoms with van der Waals surface area (Å²) in [5, 5.41) is 11.9. The summed E-state index contributed by atoms with van der Waals surface area (Å²) in [5.41, 5.74) is 5.49. The highest BCUT2D eigenvalue weighted by Gasteiger charge is 2.42. The number of anilines is 1. The molecule has 6 nitrogen and oxygen atoms in total. The average Bonchev–Trinajstić information content (AvgIpc) is 2.91. The number of carboxylic acid groups (broad SMARTS) is 1. The number of nitrogens with two attached hydrogens (primary N) is 1. The second-order valence-electron chi connectivity index (χ2n) is 5.67. The number of rotatable bonds is 6. The van der Waals surface area contributed by atoms with Crippen LogP contribution in [0.5, 0.6) is 0 Å². The second kappa shape index (κ2) is 6.91. The van der Waals surface area contributed by atoms with E-state index in [9.17, 15) is 14.7 Å². The smallest absolute Gasteiger partial charge is 0.311 e. The molecule has 1 atom stereocenters. The first kappa shape index (κ1) is 16.5. The van der Waals surface area contributed by atoms with Crippen LogP contribution in [0.4, 0.5) is 5.13 Å². The van der Waals surface area contributed by atoms with Gasteiger partial charge in [-0.25, -0.2) is 4.98 Å². The Kier molecular flexibility index (Phi) is 5.18. The number of hydrogen-bond acceptors (Lipinski definition) is 5. The Morgan fingerprint density at radius 2 is 2.36 bits per heavy atom. The van der Waals surface area contributed by atoms with Gasteiger partial charge in [0.15, 0.2) is 5.13 Å². The van der Waals surface area contributed by atoms with E-state index in [2.05, 4.69) is 11.6 Å². The highest BCUT2D eigenvalue weighted by atomic mass is 32.1. The molecule has 2 heterocycles. The predicted molar refractivity (Wildman–Crippen MR) is 85.5 cm³/mol. The van der Waals surface area contributed by atoms with Gasteiger partial charge < -0.3 is 15.7 Å². The number of aryl methyl sites for hydroxylation is 1. The normalized spacial score (nSPS) is 21.5. The summed E-state index contributed by atoms with van der Waals surface area (Å²) in [7, 11) is 0. The van der Waals surface area contributed by atoms with Gasteiger partial charge in [-0.3, -0.25) is 9.59 Å². The zero-order chi connectivity index (χ0) is 16.2. The zero-order valence-electron chi connectivity index (χ0n) is 12.5. The first-order valence-corrected chi connectivity index (χ1v) is 8.17. The summed E-state index contributed by atoms with van der Waals surface area (Å²) in [6, 6.07) is 0. The van der Waals surface area contributed by atoms with Crippen molar-refractivity contribution in [2.75, 3.05) is 18.8 Å². The van der Waals surface area contributed by atoms with Crippen LogP contribution in [-0.2, 0) is 16.0 Å². The average molecular weight is 323 g/mol. The van der Waals surface area contributed by atoms with Crippen molar-refractivity contribution in [2.45, 2.75) is 32.1 Å². The van der Waals surface area contributed by atoms with Crippen molar-refractivity contribution in [1.82, 2.24) is 9.88 Å². The number of aliphatic carboxylic acids is 1. The van der Waals surface area contributed by atoms with Crippen LogP contribution in [0.1, 0.15) is 31.4 Å². The lowest BCUT2D eigenvalue weighted by Crippen LogP contribution is -2.49. The van der Waals surface area contributed by atoms with Gasteiger partial charge in [-0.2, -0.15) is 0 Å². The van der Waals surface area contributed by atoms with Gasteiger partial charge in [0.1, 0.15) is 0 Å². The molecule has 0 bridgehead atoms. The molecule has 0 aliphatic carbocycles. The number of allylic oxidation sites excluding steroid dienone is 1. The van der Waals surface area contributed by atoms with E-state index in [-0.39, 0.29) is 12.5 Å². The molecule has 0 radical (unpaired) electrons. The molecule has 1 aromatic heterocycles. The molecule has 0 unspecified atom stereocenters. The lowest BCUT2D eigenvalue weighted by molar-refractivity contribution is -0.154. The summed E-state index contributed by atoms with van der Waals surface area (Å²) in [4.78, 5) is 29.7. The Labute approximate surface area is 133 Å². The maximum Gasteiger partial charge on any atom is 0.311 e. The first-order valence-electron chi connectivity index (χ1n) is 7.29. The first-order chi connectivity index (χ1) is 10.5. The van der Waals surface area contributed by atoms with Crippen molar-refractivity contribution in [1.29, 1.82) is 0 Å². The van der Waals surface area contributed by atoms with Crippen molar-refractivity contribution in [3.8, 4) is 0 Å². The third kappa shape index (κ3) is 3.65. The van der Waals surface area contributed by atoms with Gasteiger partial charge in [0, 0.05) is 24.9 Å². The van der Waals surface area contributed by atoms with Crippen LogP contribution in [-0.4, -0.2) is 40.0 Å². The number of aromatic nitrogens is 1. The topological polar surface area (TPSA) is 96.5 Å². The molecule has 22 heavy (non-hydrogen) atoms. The number of thiazole rings is 1. The molecular formula is C15H21N3O3S. The molecule has 1 aromatic rings. The van der Waals surface area contributed by atoms with Gasteiger partial charge in [0.05, 0.1) is 11.1 Å². The number of likely N-dealkylation sites (tertiary alicyclic amines) is 1. The molecule has 7 heteroatoms. The lowest BCUT2D eigenvalue weighted by atomic mass is 9.77. The minimum Gasteiger partial charge on any atom is -0.481 e. The fourth-order valence-corrected chi connectivity index (χ4v) is 3.48. The summed E-state index contributed by atoms with van der Waals surface area (Å²) in [6.07, 6.45) is 4.16. The van der Waals surface area contributed by atoms with E-state index in [4.69, 9.17) is 5.73 Å². The summed E-state index contributed by atoms with van der Waals surface area (Å²) >= 11 is 1.35. The molecule has 0 spiro atoms. The van der Waals surface area contributed by atoms with E-state index < -0.39 is 11.4 Å². The molecule has 0 aromatic carbocycles. The molecule has 1 saturated heterocycles. The van der Waals surface area contributed by atoms with Gasteiger partial charge in [-0.15, -0.1) is 17.9 Å². The van der Waals surface area contributed by atoms with Gasteiger partial charge in [-0.05, 0) is 25.7 Å². The molecule has 120 valence electrons. The van der Waals surface area contributed by atoms with Crippen LogP contribution in [0.25, 0.3) is 0 Å². The SMILES string of the molecule is C=CC[C@]1(C(=O)O)CCCN(C(=O)CCc2csc(N)n2)C1. The Morgan fingerprint density at radius 3 is 2.95 bits per heavy atom. The monoisotopic (exact) mass is 323 g/mol. The fraction of sp³-hybridized carbons (Fsp3) is 0.533. The highest BCUT2D eigenvalue weighted by molar-refractivity contribution is 7.13. The molecule has 3 N–H and O–H groups in total. The predicted octanol–water partition coefficient (Wildman–Crippen LogP) is 1.93. The largest absolute Gasteiger partial charge is 0.481 e. The number of piperidine rings is 1. The van der Waals surface area contributed by atoms with E-state index in [1.165, 1.54) is 11.3 Å². The van der Waals surface area contributed by atoms with Crippen LogP contribution < -0.4 is 5.73 Å². The third-order valence-electron chi connectivity index (χ3n) is 4.08. The molecular weight excluding hydrogens is 302 g/mol. The summed E-state index contributed by atoms with van der Waals surface area (Å²) in [5.74, 6) is -0.877. The number of nitrogens with zero attached hydrogens (tertiary/aromatic N) is 2. The number of carbonyl (C=O) groups excluding carboxylic acids is 1.